The van der Waals surface area contributed by atoms with E-state index in [9.17, 15) is 19.8 Å². The van der Waals surface area contributed by atoms with Crippen molar-refractivity contribution in [3.63, 3.8) is 0 Å². The van der Waals surface area contributed by atoms with E-state index in [2.05, 4.69) is 81.4 Å². The van der Waals surface area contributed by atoms with Crippen molar-refractivity contribution in [3.8, 4) is 55.9 Å². The minimum atomic E-state index is -0.936. The summed E-state index contributed by atoms with van der Waals surface area (Å²) in [6.45, 7) is 6.73. The summed E-state index contributed by atoms with van der Waals surface area (Å²) in [7, 11) is 0. The number of fused-ring (bicyclic) bond motifs is 6. The molecule has 0 amide bonds. The molecule has 0 radical (unpaired) electrons. The van der Waals surface area contributed by atoms with Gasteiger partial charge in [0.15, 0.2) is 0 Å². The molecule has 0 fully saturated rings. The normalized spacial score (nSPS) is 13.1. The van der Waals surface area contributed by atoms with E-state index in [1.165, 1.54) is 38.9 Å². The van der Waals surface area contributed by atoms with Crippen LogP contribution in [0.1, 0.15) is 69.3 Å². The van der Waals surface area contributed by atoms with Crippen LogP contribution >= 0.6 is 0 Å². The van der Waals surface area contributed by atoms with Crippen LogP contribution in [-0.2, 0) is 31.1 Å². The van der Waals surface area contributed by atoms with Gasteiger partial charge in [0.1, 0.15) is 0 Å². The number of rotatable bonds is 5. The number of benzene rings is 5. The largest absolute Gasteiger partial charge is 0.478 e. The van der Waals surface area contributed by atoms with Gasteiger partial charge in [-0.25, -0.2) is 14.6 Å². The van der Waals surface area contributed by atoms with Crippen LogP contribution in [-0.4, -0.2) is 27.1 Å². The van der Waals surface area contributed by atoms with Crippen LogP contribution in [0.2, 0.25) is 0 Å². The van der Waals surface area contributed by atoms with E-state index in [4.69, 9.17) is 4.98 Å². The number of carbonyl (C=O) groups is 2. The molecule has 0 unspecified atom stereocenters. The predicted octanol–water partition coefficient (Wildman–Crippen LogP) is 10.3. The molecule has 50 heavy (non-hydrogen) atoms. The fraction of sp³-hybridized carbons (Fsp3) is 0.178. The summed E-state index contributed by atoms with van der Waals surface area (Å²) in [4.78, 5) is 28.6. The van der Waals surface area contributed by atoms with Crippen molar-refractivity contribution in [2.75, 3.05) is 0 Å². The van der Waals surface area contributed by atoms with Crippen LogP contribution in [0.15, 0.2) is 109 Å². The van der Waals surface area contributed by atoms with Crippen molar-refractivity contribution in [3.05, 3.63) is 148 Å². The summed E-state index contributed by atoms with van der Waals surface area (Å²) in [6, 6.07) is 36.3. The standard InChI is InChI=1S/C45H37NO4/c1-45(2,3)35-20-16-30(17-21-35)40-36-22-18-28-8-14-33(26-4-10-31(11-5-26)43(47)48)24-38(28)41(36)46-42-37(40)23-19-29-9-15-34(25-39(29)42)27-6-12-32(13-7-27)44(49)50/h4-17,20-21,24-25H,18-19,22-23H2,1-3H3,(H,47,48)(H,49,50). The van der Waals surface area contributed by atoms with E-state index in [0.717, 1.165) is 70.5 Å². The molecular formula is C45H37NO4. The van der Waals surface area contributed by atoms with Crippen molar-refractivity contribution < 1.29 is 19.8 Å². The Morgan fingerprint density at radius 1 is 0.520 bits per heavy atom. The van der Waals surface area contributed by atoms with Gasteiger partial charge in [0.05, 0.1) is 22.5 Å². The van der Waals surface area contributed by atoms with Crippen LogP contribution in [0.4, 0.5) is 0 Å². The maximum absolute atomic E-state index is 11.5. The molecule has 5 nitrogen and oxygen atoms in total. The first-order valence-electron chi connectivity index (χ1n) is 17.2. The average Bonchev–Trinajstić information content (AvgIpc) is 3.13. The van der Waals surface area contributed by atoms with Crippen LogP contribution < -0.4 is 0 Å². The van der Waals surface area contributed by atoms with Gasteiger partial charge in [-0.05, 0) is 129 Å². The summed E-state index contributed by atoms with van der Waals surface area (Å²) in [5.74, 6) is -1.87. The van der Waals surface area contributed by atoms with Gasteiger partial charge in [-0.1, -0.05) is 93.6 Å². The highest BCUT2D eigenvalue weighted by Gasteiger charge is 2.30. The molecule has 0 atom stereocenters. The first kappa shape index (κ1) is 31.5. The number of pyridine rings is 1. The van der Waals surface area contributed by atoms with Gasteiger partial charge >= 0.3 is 11.9 Å². The summed E-state index contributed by atoms with van der Waals surface area (Å²) in [5.41, 5.74) is 17.7. The smallest absolute Gasteiger partial charge is 0.335 e. The Bertz CT molecular complexity index is 2190. The molecule has 5 heteroatoms. The molecule has 0 bridgehead atoms. The first-order chi connectivity index (χ1) is 24.0. The van der Waals surface area contributed by atoms with Crippen LogP contribution in [0.3, 0.4) is 0 Å². The Hall–Kier alpha value is -5.81. The first-order valence-corrected chi connectivity index (χ1v) is 17.2. The molecule has 8 rings (SSSR count). The van der Waals surface area contributed by atoms with Gasteiger partial charge in [-0.3, -0.25) is 0 Å². The van der Waals surface area contributed by atoms with Crippen molar-refractivity contribution in [1.82, 2.24) is 4.98 Å². The van der Waals surface area contributed by atoms with Crippen LogP contribution in [0.25, 0.3) is 55.9 Å². The molecule has 0 spiro atoms. The average molecular weight is 656 g/mol. The number of aryl methyl sites for hydroxylation is 2. The van der Waals surface area contributed by atoms with E-state index in [-0.39, 0.29) is 16.5 Å². The van der Waals surface area contributed by atoms with Crippen molar-refractivity contribution in [1.29, 1.82) is 0 Å². The quantitative estimate of drug-likeness (QED) is 0.193. The zero-order valence-corrected chi connectivity index (χ0v) is 28.4. The zero-order chi connectivity index (χ0) is 34.7. The molecular weight excluding hydrogens is 618 g/mol. The molecule has 6 aromatic rings. The van der Waals surface area contributed by atoms with E-state index in [1.807, 2.05) is 24.3 Å². The number of hydrogen-bond donors (Lipinski definition) is 2. The van der Waals surface area contributed by atoms with Gasteiger partial charge in [0, 0.05) is 11.1 Å². The lowest BCUT2D eigenvalue weighted by molar-refractivity contribution is 0.0686. The Morgan fingerprint density at radius 3 is 1.32 bits per heavy atom. The van der Waals surface area contributed by atoms with Gasteiger partial charge in [0.25, 0.3) is 0 Å². The SMILES string of the molecule is CC(C)(C)c1ccc(-c2c3c(nc4c2CCc2ccc(-c5ccc(C(=O)O)cc5)cc2-4)-c2cc(-c4ccc(C(=O)O)cc4)ccc2CC3)cc1. The third-order valence-electron chi connectivity index (χ3n) is 10.4. The molecule has 1 heterocycles. The topological polar surface area (TPSA) is 87.5 Å². The molecule has 2 aliphatic rings. The number of aromatic carboxylic acids is 2. The molecule has 5 aromatic carbocycles. The van der Waals surface area contributed by atoms with E-state index in [1.54, 1.807) is 24.3 Å². The highest BCUT2D eigenvalue weighted by atomic mass is 16.4. The summed E-state index contributed by atoms with van der Waals surface area (Å²) in [5, 5.41) is 18.9. The van der Waals surface area contributed by atoms with Crippen LogP contribution in [0.5, 0.6) is 0 Å². The molecule has 246 valence electrons. The van der Waals surface area contributed by atoms with Gasteiger partial charge in [-0.2, -0.15) is 0 Å². The van der Waals surface area contributed by atoms with Crippen molar-refractivity contribution in [2.24, 2.45) is 0 Å². The Balaban J connectivity index is 1.33. The van der Waals surface area contributed by atoms with E-state index < -0.39 is 11.9 Å². The van der Waals surface area contributed by atoms with Crippen LogP contribution in [0, 0.1) is 0 Å². The third kappa shape index (κ3) is 5.49. The minimum absolute atomic E-state index is 0.0473. The maximum Gasteiger partial charge on any atom is 0.335 e. The van der Waals surface area contributed by atoms with E-state index >= 15 is 0 Å². The summed E-state index contributed by atoms with van der Waals surface area (Å²) < 4.78 is 0. The molecule has 0 aliphatic heterocycles. The second kappa shape index (κ2) is 12.0. The number of nitrogens with zero attached hydrogens (tertiary/aromatic N) is 1. The van der Waals surface area contributed by atoms with Crippen molar-refractivity contribution in [2.45, 2.75) is 51.9 Å². The fourth-order valence-corrected chi connectivity index (χ4v) is 7.60. The highest BCUT2D eigenvalue weighted by Crippen LogP contribution is 2.47. The molecule has 0 saturated carbocycles. The summed E-state index contributed by atoms with van der Waals surface area (Å²) >= 11 is 0. The predicted molar refractivity (Wildman–Crippen MR) is 199 cm³/mol. The van der Waals surface area contributed by atoms with Gasteiger partial charge in [0.2, 0.25) is 0 Å². The van der Waals surface area contributed by atoms with Gasteiger partial charge in [-0.15, -0.1) is 0 Å². The maximum atomic E-state index is 11.5. The monoisotopic (exact) mass is 655 g/mol. The van der Waals surface area contributed by atoms with E-state index in [0.29, 0.717) is 0 Å². The number of carboxylic acids is 2. The molecule has 0 saturated heterocycles. The third-order valence-corrected chi connectivity index (χ3v) is 10.4. The lowest BCUT2D eigenvalue weighted by atomic mass is 9.77. The number of hydrogen-bond acceptors (Lipinski definition) is 3. The fourth-order valence-electron chi connectivity index (χ4n) is 7.60. The molecule has 2 aliphatic carbocycles. The van der Waals surface area contributed by atoms with Gasteiger partial charge < -0.3 is 10.2 Å². The molecule has 2 N–H and O–H groups in total. The Labute approximate surface area is 291 Å². The Morgan fingerprint density at radius 2 is 0.920 bits per heavy atom. The second-order valence-electron chi connectivity index (χ2n) is 14.5. The zero-order valence-electron chi connectivity index (χ0n) is 28.4. The number of aromatic nitrogens is 1. The Kier molecular flexibility index (Phi) is 7.52. The minimum Gasteiger partial charge on any atom is -0.478 e. The summed E-state index contributed by atoms with van der Waals surface area (Å²) in [6.07, 6.45) is 3.63. The number of carboxylic acid groups (broad SMARTS) is 2. The lowest BCUT2D eigenvalue weighted by Gasteiger charge is -2.30. The lowest BCUT2D eigenvalue weighted by Crippen LogP contribution is -2.15. The molecule has 1 aromatic heterocycles. The second-order valence-corrected chi connectivity index (χ2v) is 14.5. The highest BCUT2D eigenvalue weighted by molar-refractivity contribution is 5.92. The van der Waals surface area contributed by atoms with Crippen molar-refractivity contribution >= 4 is 11.9 Å².